The van der Waals surface area contributed by atoms with Gasteiger partial charge >= 0.3 is 0 Å². The summed E-state index contributed by atoms with van der Waals surface area (Å²) in [6.07, 6.45) is 3.23. The van der Waals surface area contributed by atoms with Gasteiger partial charge in [0.2, 0.25) is 0 Å². The number of aromatic nitrogens is 1. The van der Waals surface area contributed by atoms with Crippen molar-refractivity contribution >= 4 is 10.9 Å². The lowest BCUT2D eigenvalue weighted by Crippen LogP contribution is -2.21. The molecule has 1 heterocycles. The van der Waals surface area contributed by atoms with Gasteiger partial charge in [0.05, 0.1) is 6.61 Å². The zero-order valence-corrected chi connectivity index (χ0v) is 12.9. The molecule has 1 aromatic carbocycles. The van der Waals surface area contributed by atoms with Crippen LogP contribution in [0, 0.1) is 0 Å². The standard InChI is InChI=1S/C17H26N2O/c1-4-10-20-11-9-19-8-7-16-12-15(5-6-17(16)19)13-18-14(2)3/h5-8,12,14,18H,4,9-11,13H2,1-3H3. The van der Waals surface area contributed by atoms with E-state index in [9.17, 15) is 0 Å². The molecule has 0 bridgehead atoms. The summed E-state index contributed by atoms with van der Waals surface area (Å²) in [6.45, 7) is 9.97. The fraction of sp³-hybridized carbons (Fsp3) is 0.529. The third-order valence-corrected chi connectivity index (χ3v) is 3.37. The third-order valence-electron chi connectivity index (χ3n) is 3.37. The van der Waals surface area contributed by atoms with Gasteiger partial charge in [0.1, 0.15) is 0 Å². The highest BCUT2D eigenvalue weighted by molar-refractivity contribution is 5.80. The second-order valence-corrected chi connectivity index (χ2v) is 5.55. The summed E-state index contributed by atoms with van der Waals surface area (Å²) < 4.78 is 7.83. The number of nitrogens with zero attached hydrogens (tertiary/aromatic N) is 1. The second kappa shape index (κ2) is 7.46. The molecular weight excluding hydrogens is 248 g/mol. The lowest BCUT2D eigenvalue weighted by molar-refractivity contribution is 0.127. The van der Waals surface area contributed by atoms with E-state index < -0.39 is 0 Å². The first-order chi connectivity index (χ1) is 9.70. The quantitative estimate of drug-likeness (QED) is 0.745. The highest BCUT2D eigenvalue weighted by Gasteiger charge is 2.03. The van der Waals surface area contributed by atoms with E-state index >= 15 is 0 Å². The highest BCUT2D eigenvalue weighted by atomic mass is 16.5. The minimum atomic E-state index is 0.519. The van der Waals surface area contributed by atoms with Gasteiger partial charge < -0.3 is 14.6 Å². The maximum Gasteiger partial charge on any atom is 0.0645 e. The number of fused-ring (bicyclic) bond motifs is 1. The van der Waals surface area contributed by atoms with Crippen molar-refractivity contribution in [3.63, 3.8) is 0 Å². The molecule has 0 fully saturated rings. The zero-order valence-electron chi connectivity index (χ0n) is 12.9. The molecule has 2 rings (SSSR count). The van der Waals surface area contributed by atoms with Gasteiger partial charge in [0, 0.05) is 37.5 Å². The van der Waals surface area contributed by atoms with Gasteiger partial charge in [0.25, 0.3) is 0 Å². The smallest absolute Gasteiger partial charge is 0.0645 e. The Morgan fingerprint density at radius 2 is 2.05 bits per heavy atom. The van der Waals surface area contributed by atoms with Crippen molar-refractivity contribution in [2.45, 2.75) is 46.3 Å². The summed E-state index contributed by atoms with van der Waals surface area (Å²) in [7, 11) is 0. The summed E-state index contributed by atoms with van der Waals surface area (Å²) in [5.74, 6) is 0. The predicted molar refractivity (Wildman–Crippen MR) is 85.0 cm³/mol. The summed E-state index contributed by atoms with van der Waals surface area (Å²) >= 11 is 0. The SMILES string of the molecule is CCCOCCn1ccc2cc(CNC(C)C)ccc21. The first kappa shape index (κ1) is 15.1. The van der Waals surface area contributed by atoms with Gasteiger partial charge in [0.15, 0.2) is 0 Å². The van der Waals surface area contributed by atoms with Gasteiger partial charge in [-0.05, 0) is 35.6 Å². The second-order valence-electron chi connectivity index (χ2n) is 5.55. The summed E-state index contributed by atoms with van der Waals surface area (Å²) in [5.41, 5.74) is 2.63. The van der Waals surface area contributed by atoms with Crippen LogP contribution in [0.1, 0.15) is 32.8 Å². The van der Waals surface area contributed by atoms with Crippen LogP contribution < -0.4 is 5.32 Å². The van der Waals surface area contributed by atoms with Crippen LogP contribution in [0.15, 0.2) is 30.5 Å². The van der Waals surface area contributed by atoms with E-state index in [0.717, 1.165) is 32.7 Å². The van der Waals surface area contributed by atoms with Crippen molar-refractivity contribution in [2.75, 3.05) is 13.2 Å². The Morgan fingerprint density at radius 1 is 1.20 bits per heavy atom. The fourth-order valence-corrected chi connectivity index (χ4v) is 2.29. The van der Waals surface area contributed by atoms with E-state index in [1.165, 1.54) is 16.5 Å². The first-order valence-corrected chi connectivity index (χ1v) is 7.59. The average molecular weight is 274 g/mol. The molecule has 0 atom stereocenters. The number of nitrogens with one attached hydrogen (secondary N) is 1. The molecular formula is C17H26N2O. The van der Waals surface area contributed by atoms with Crippen molar-refractivity contribution < 1.29 is 4.74 Å². The lowest BCUT2D eigenvalue weighted by Gasteiger charge is -2.09. The van der Waals surface area contributed by atoms with Crippen molar-refractivity contribution in [3.05, 3.63) is 36.0 Å². The Labute approximate surface area is 121 Å². The fourth-order valence-electron chi connectivity index (χ4n) is 2.29. The molecule has 0 aliphatic carbocycles. The van der Waals surface area contributed by atoms with E-state index in [1.807, 2.05) is 0 Å². The Hall–Kier alpha value is -1.32. The van der Waals surface area contributed by atoms with Crippen molar-refractivity contribution in [3.8, 4) is 0 Å². The zero-order chi connectivity index (χ0) is 14.4. The topological polar surface area (TPSA) is 26.2 Å². The van der Waals surface area contributed by atoms with Crippen LogP contribution >= 0.6 is 0 Å². The van der Waals surface area contributed by atoms with Gasteiger partial charge in [-0.15, -0.1) is 0 Å². The molecule has 0 aliphatic rings. The van der Waals surface area contributed by atoms with Gasteiger partial charge in [-0.2, -0.15) is 0 Å². The molecule has 3 heteroatoms. The van der Waals surface area contributed by atoms with Crippen LogP contribution in [-0.4, -0.2) is 23.8 Å². The molecule has 0 saturated heterocycles. The maximum absolute atomic E-state index is 5.56. The Morgan fingerprint density at radius 3 is 2.80 bits per heavy atom. The van der Waals surface area contributed by atoms with E-state index in [4.69, 9.17) is 4.74 Å². The molecule has 1 aromatic heterocycles. The number of hydrogen-bond acceptors (Lipinski definition) is 2. The lowest BCUT2D eigenvalue weighted by atomic mass is 10.1. The van der Waals surface area contributed by atoms with Gasteiger partial charge in [-0.25, -0.2) is 0 Å². The van der Waals surface area contributed by atoms with E-state index in [-0.39, 0.29) is 0 Å². The molecule has 2 aromatic rings. The van der Waals surface area contributed by atoms with Crippen molar-refractivity contribution in [1.82, 2.24) is 9.88 Å². The number of benzene rings is 1. The largest absolute Gasteiger partial charge is 0.380 e. The highest BCUT2D eigenvalue weighted by Crippen LogP contribution is 2.17. The summed E-state index contributed by atoms with van der Waals surface area (Å²) in [6, 6.07) is 9.40. The van der Waals surface area contributed by atoms with Crippen molar-refractivity contribution in [1.29, 1.82) is 0 Å². The van der Waals surface area contributed by atoms with Crippen LogP contribution in [0.5, 0.6) is 0 Å². The number of ether oxygens (including phenoxy) is 1. The van der Waals surface area contributed by atoms with Crippen LogP contribution in [0.25, 0.3) is 10.9 Å². The molecule has 0 radical (unpaired) electrons. The monoisotopic (exact) mass is 274 g/mol. The molecule has 0 spiro atoms. The van der Waals surface area contributed by atoms with Crippen LogP contribution in [0.3, 0.4) is 0 Å². The normalized spacial score (nSPS) is 11.6. The Kier molecular flexibility index (Phi) is 5.62. The summed E-state index contributed by atoms with van der Waals surface area (Å²) in [5, 5.41) is 4.76. The number of hydrogen-bond donors (Lipinski definition) is 1. The number of rotatable bonds is 8. The minimum Gasteiger partial charge on any atom is -0.380 e. The van der Waals surface area contributed by atoms with Crippen LogP contribution in [0.4, 0.5) is 0 Å². The van der Waals surface area contributed by atoms with Gasteiger partial charge in [-0.3, -0.25) is 0 Å². The molecule has 20 heavy (non-hydrogen) atoms. The maximum atomic E-state index is 5.56. The molecule has 0 unspecified atom stereocenters. The van der Waals surface area contributed by atoms with Crippen LogP contribution in [-0.2, 0) is 17.8 Å². The molecule has 3 nitrogen and oxygen atoms in total. The summed E-state index contributed by atoms with van der Waals surface area (Å²) in [4.78, 5) is 0. The minimum absolute atomic E-state index is 0.519. The average Bonchev–Trinajstić information content (AvgIpc) is 2.84. The first-order valence-electron chi connectivity index (χ1n) is 7.59. The molecule has 1 N–H and O–H groups in total. The van der Waals surface area contributed by atoms with Gasteiger partial charge in [-0.1, -0.05) is 26.8 Å². The van der Waals surface area contributed by atoms with Crippen LogP contribution in [0.2, 0.25) is 0 Å². The molecule has 0 saturated carbocycles. The Balaban J connectivity index is 2.00. The van der Waals surface area contributed by atoms with Crippen molar-refractivity contribution in [2.24, 2.45) is 0 Å². The predicted octanol–water partition coefficient (Wildman–Crippen LogP) is 3.57. The molecule has 0 amide bonds. The van der Waals surface area contributed by atoms with E-state index in [0.29, 0.717) is 6.04 Å². The molecule has 0 aliphatic heterocycles. The molecule has 110 valence electrons. The van der Waals surface area contributed by atoms with E-state index in [1.54, 1.807) is 0 Å². The Bertz CT molecular complexity index is 531. The third kappa shape index (κ3) is 4.09. The van der Waals surface area contributed by atoms with E-state index in [2.05, 4.69) is 61.1 Å².